The van der Waals surface area contributed by atoms with Gasteiger partial charge in [-0.2, -0.15) is 0 Å². The predicted molar refractivity (Wildman–Crippen MR) is 101 cm³/mol. The number of nitrogens with zero attached hydrogens (tertiary/aromatic N) is 1. The van der Waals surface area contributed by atoms with Crippen LogP contribution in [0.3, 0.4) is 0 Å². The Bertz CT molecular complexity index is 845. The Morgan fingerprint density at radius 2 is 1.77 bits per heavy atom. The van der Waals surface area contributed by atoms with Crippen LogP contribution in [0.15, 0.2) is 48.5 Å². The molecule has 1 saturated heterocycles. The fraction of sp³-hybridized carbons (Fsp3) is 0.300. The van der Waals surface area contributed by atoms with Gasteiger partial charge in [-0.3, -0.25) is 9.59 Å². The summed E-state index contributed by atoms with van der Waals surface area (Å²) in [6, 6.07) is 15.2. The van der Waals surface area contributed by atoms with Gasteiger partial charge in [0.15, 0.2) is 0 Å². The summed E-state index contributed by atoms with van der Waals surface area (Å²) in [5, 5.41) is 6.95. The molecule has 0 bridgehead atoms. The lowest BCUT2D eigenvalue weighted by molar-refractivity contribution is -0.132. The molecule has 1 spiro atoms. The van der Waals surface area contributed by atoms with Crippen molar-refractivity contribution in [3.05, 3.63) is 64.7 Å². The molecule has 0 aromatic heterocycles. The Labute approximate surface area is 157 Å². The Balaban J connectivity index is 1.43. The highest BCUT2D eigenvalue weighted by Gasteiger charge is 2.41. The molecule has 6 heteroatoms. The van der Waals surface area contributed by atoms with Crippen molar-refractivity contribution in [1.29, 1.82) is 0 Å². The Hall–Kier alpha value is -2.53. The molecule has 0 atom stereocenters. The topological polar surface area (TPSA) is 61.4 Å². The molecule has 2 aromatic carbocycles. The van der Waals surface area contributed by atoms with Crippen LogP contribution in [-0.2, 0) is 11.2 Å². The number of rotatable bonds is 2. The summed E-state index contributed by atoms with van der Waals surface area (Å²) in [4.78, 5) is 26.9. The number of anilines is 1. The lowest BCUT2D eigenvalue weighted by Gasteiger charge is -2.46. The van der Waals surface area contributed by atoms with Crippen LogP contribution in [-0.4, -0.2) is 35.5 Å². The lowest BCUT2D eigenvalue weighted by atomic mass is 9.92. The summed E-state index contributed by atoms with van der Waals surface area (Å²) in [6.07, 6.45) is 1.72. The van der Waals surface area contributed by atoms with Crippen LogP contribution < -0.4 is 10.6 Å². The van der Waals surface area contributed by atoms with Crippen molar-refractivity contribution in [1.82, 2.24) is 10.2 Å². The summed E-state index contributed by atoms with van der Waals surface area (Å²) in [6.45, 7) is 1.21. The van der Waals surface area contributed by atoms with Gasteiger partial charge in [-0.05, 0) is 17.7 Å². The van der Waals surface area contributed by atoms with Gasteiger partial charge in [0.1, 0.15) is 5.66 Å². The van der Waals surface area contributed by atoms with E-state index in [-0.39, 0.29) is 11.8 Å². The molecule has 2 amide bonds. The average molecular weight is 370 g/mol. The molecule has 0 radical (unpaired) electrons. The third-order valence-electron chi connectivity index (χ3n) is 5.14. The summed E-state index contributed by atoms with van der Waals surface area (Å²) in [5.41, 5.74) is 1.75. The standard InChI is InChI=1S/C20H20ClN3O2/c21-15-7-4-8-16-18(15)19(26)23-20(22-16)9-11-24(12-10-20)17(25)13-14-5-2-1-3-6-14/h1-8,22H,9-13H2,(H,23,26). The smallest absolute Gasteiger partial charge is 0.256 e. The van der Waals surface area contributed by atoms with E-state index in [1.807, 2.05) is 47.4 Å². The summed E-state index contributed by atoms with van der Waals surface area (Å²) in [5.74, 6) is -0.0370. The second kappa shape index (κ2) is 6.65. The van der Waals surface area contributed by atoms with Crippen LogP contribution >= 0.6 is 11.6 Å². The van der Waals surface area contributed by atoms with Gasteiger partial charge in [-0.1, -0.05) is 48.0 Å². The SMILES string of the molecule is O=C1NC2(CCN(C(=O)Cc3ccccc3)CC2)Nc2cccc(Cl)c21. The maximum Gasteiger partial charge on any atom is 0.256 e. The van der Waals surface area contributed by atoms with Crippen molar-refractivity contribution in [3.63, 3.8) is 0 Å². The molecular formula is C20H20ClN3O2. The number of hydrogen-bond acceptors (Lipinski definition) is 3. The van der Waals surface area contributed by atoms with Crippen molar-refractivity contribution in [3.8, 4) is 0 Å². The van der Waals surface area contributed by atoms with Crippen molar-refractivity contribution in [2.45, 2.75) is 24.9 Å². The quantitative estimate of drug-likeness (QED) is 0.855. The Kier molecular flexibility index (Phi) is 4.32. The van der Waals surface area contributed by atoms with Gasteiger partial charge in [0.25, 0.3) is 5.91 Å². The molecule has 5 nitrogen and oxygen atoms in total. The van der Waals surface area contributed by atoms with E-state index in [1.54, 1.807) is 6.07 Å². The van der Waals surface area contributed by atoms with E-state index >= 15 is 0 Å². The first-order valence-electron chi connectivity index (χ1n) is 8.77. The molecule has 2 aromatic rings. The molecule has 4 rings (SSSR count). The van der Waals surface area contributed by atoms with Gasteiger partial charge in [-0.15, -0.1) is 0 Å². The number of amides is 2. The lowest BCUT2D eigenvalue weighted by Crippen LogP contribution is -2.62. The van der Waals surface area contributed by atoms with E-state index in [0.29, 0.717) is 42.9 Å². The molecule has 1 fully saturated rings. The maximum atomic E-state index is 12.5. The second-order valence-corrected chi connectivity index (χ2v) is 7.27. The van der Waals surface area contributed by atoms with E-state index < -0.39 is 5.66 Å². The minimum Gasteiger partial charge on any atom is -0.362 e. The first-order chi connectivity index (χ1) is 12.6. The molecule has 0 aliphatic carbocycles. The first-order valence-corrected chi connectivity index (χ1v) is 9.15. The van der Waals surface area contributed by atoms with Crippen LogP contribution in [0.4, 0.5) is 5.69 Å². The number of hydrogen-bond donors (Lipinski definition) is 2. The van der Waals surface area contributed by atoms with Gasteiger partial charge in [0.05, 0.1) is 22.7 Å². The molecule has 0 unspecified atom stereocenters. The summed E-state index contributed by atoms with van der Waals surface area (Å²) >= 11 is 6.15. The molecule has 2 heterocycles. The van der Waals surface area contributed by atoms with E-state index in [1.165, 1.54) is 0 Å². The van der Waals surface area contributed by atoms with Gasteiger partial charge >= 0.3 is 0 Å². The van der Waals surface area contributed by atoms with Crippen LogP contribution in [0.2, 0.25) is 5.02 Å². The summed E-state index contributed by atoms with van der Waals surface area (Å²) in [7, 11) is 0. The number of carbonyl (C=O) groups excluding carboxylic acids is 2. The van der Waals surface area contributed by atoms with Gasteiger partial charge in [-0.25, -0.2) is 0 Å². The third-order valence-corrected chi connectivity index (χ3v) is 5.45. The molecule has 26 heavy (non-hydrogen) atoms. The van der Waals surface area contributed by atoms with Crippen molar-refractivity contribution < 1.29 is 9.59 Å². The molecule has 0 saturated carbocycles. The van der Waals surface area contributed by atoms with E-state index in [9.17, 15) is 9.59 Å². The fourth-order valence-corrected chi connectivity index (χ4v) is 3.96. The number of benzene rings is 2. The highest BCUT2D eigenvalue weighted by Crippen LogP contribution is 2.34. The minimum atomic E-state index is -0.516. The third kappa shape index (κ3) is 3.15. The fourth-order valence-electron chi connectivity index (χ4n) is 3.70. The minimum absolute atomic E-state index is 0.122. The summed E-state index contributed by atoms with van der Waals surface area (Å²) < 4.78 is 0. The zero-order valence-electron chi connectivity index (χ0n) is 14.3. The molecule has 2 aliphatic heterocycles. The van der Waals surface area contributed by atoms with Crippen molar-refractivity contribution in [2.75, 3.05) is 18.4 Å². The second-order valence-electron chi connectivity index (χ2n) is 6.87. The highest BCUT2D eigenvalue weighted by molar-refractivity contribution is 6.34. The van der Waals surface area contributed by atoms with Crippen LogP contribution in [0.25, 0.3) is 0 Å². The molecule has 2 aliphatic rings. The largest absolute Gasteiger partial charge is 0.362 e. The number of piperidine rings is 1. The average Bonchev–Trinajstić information content (AvgIpc) is 2.62. The van der Waals surface area contributed by atoms with Gasteiger partial charge < -0.3 is 15.5 Å². The van der Waals surface area contributed by atoms with Crippen LogP contribution in [0, 0.1) is 0 Å². The maximum absolute atomic E-state index is 12.5. The number of carbonyl (C=O) groups is 2. The number of halogens is 1. The normalized spacial score (nSPS) is 18.0. The molecule has 2 N–H and O–H groups in total. The van der Waals surface area contributed by atoms with E-state index in [0.717, 1.165) is 11.3 Å². The highest BCUT2D eigenvalue weighted by atomic mass is 35.5. The van der Waals surface area contributed by atoms with Crippen LogP contribution in [0.5, 0.6) is 0 Å². The molecule has 134 valence electrons. The monoisotopic (exact) mass is 369 g/mol. The number of nitrogens with one attached hydrogen (secondary N) is 2. The molecular weight excluding hydrogens is 350 g/mol. The van der Waals surface area contributed by atoms with Crippen molar-refractivity contribution in [2.24, 2.45) is 0 Å². The van der Waals surface area contributed by atoms with E-state index in [4.69, 9.17) is 11.6 Å². The predicted octanol–water partition coefficient (Wildman–Crippen LogP) is 3.06. The van der Waals surface area contributed by atoms with Crippen LogP contribution in [0.1, 0.15) is 28.8 Å². The Morgan fingerprint density at radius 3 is 2.50 bits per heavy atom. The number of fused-ring (bicyclic) bond motifs is 1. The number of likely N-dealkylation sites (tertiary alicyclic amines) is 1. The van der Waals surface area contributed by atoms with Gasteiger partial charge in [0.2, 0.25) is 5.91 Å². The Morgan fingerprint density at radius 1 is 1.04 bits per heavy atom. The van der Waals surface area contributed by atoms with Gasteiger partial charge in [0, 0.05) is 25.9 Å². The van der Waals surface area contributed by atoms with Crippen molar-refractivity contribution >= 4 is 29.1 Å². The zero-order valence-corrected chi connectivity index (χ0v) is 15.1. The van der Waals surface area contributed by atoms with E-state index in [2.05, 4.69) is 10.6 Å². The zero-order chi connectivity index (χ0) is 18.1. The first kappa shape index (κ1) is 16.9.